The van der Waals surface area contributed by atoms with Crippen LogP contribution in [0.25, 0.3) is 0 Å². The minimum atomic E-state index is -0.306. The van der Waals surface area contributed by atoms with Crippen molar-refractivity contribution >= 4 is 5.97 Å². The van der Waals surface area contributed by atoms with Crippen molar-refractivity contribution in [2.75, 3.05) is 13.7 Å². The predicted octanol–water partition coefficient (Wildman–Crippen LogP) is 8.74. The number of esters is 1. The maximum Gasteiger partial charge on any atom is 0.309 e. The van der Waals surface area contributed by atoms with Crippen molar-refractivity contribution in [3.63, 3.8) is 0 Å². The topological polar surface area (TPSA) is 44.8 Å². The van der Waals surface area contributed by atoms with E-state index in [4.69, 9.17) is 14.2 Å². The van der Waals surface area contributed by atoms with Crippen LogP contribution in [-0.4, -0.2) is 19.7 Å². The molecule has 226 valence electrons. The average Bonchev–Trinajstić information content (AvgIpc) is 3.09. The quantitative estimate of drug-likeness (QED) is 0.131. The number of benzene rings is 4. The standard InChI is InChI=1S/C40H42O4/c1-42-40(41)37(36(26-32-16-8-3-9-17-32)24-22-31-14-6-2-7-15-31)27-35-23-25-38(43-29-33-18-10-4-11-19-33)39(28-35)44-30-34-20-12-5-13-21-34/h2-12,14-20,23,25,28,36-37H,13,21-22,24,26-27,29-30H2,1H3/t36-,37?/m0/s1. The number of rotatable bonds is 15. The Hall–Kier alpha value is -4.57. The van der Waals surface area contributed by atoms with Crippen molar-refractivity contribution in [2.45, 2.75) is 45.1 Å². The monoisotopic (exact) mass is 586 g/mol. The molecule has 0 aromatic heterocycles. The van der Waals surface area contributed by atoms with Gasteiger partial charge < -0.3 is 14.2 Å². The van der Waals surface area contributed by atoms with Gasteiger partial charge in [-0.05, 0) is 84.4 Å². The zero-order valence-corrected chi connectivity index (χ0v) is 25.6. The van der Waals surface area contributed by atoms with Crippen LogP contribution >= 0.6 is 0 Å². The normalized spacial score (nSPS) is 13.9. The predicted molar refractivity (Wildman–Crippen MR) is 177 cm³/mol. The highest BCUT2D eigenvalue weighted by Gasteiger charge is 2.30. The molecule has 0 aliphatic heterocycles. The van der Waals surface area contributed by atoms with E-state index < -0.39 is 0 Å². The van der Waals surface area contributed by atoms with E-state index in [1.165, 1.54) is 23.8 Å². The van der Waals surface area contributed by atoms with E-state index in [0.717, 1.165) is 43.2 Å². The van der Waals surface area contributed by atoms with Crippen molar-refractivity contribution in [1.29, 1.82) is 0 Å². The van der Waals surface area contributed by atoms with E-state index in [1.54, 1.807) is 0 Å². The van der Waals surface area contributed by atoms with Gasteiger partial charge in [0.05, 0.1) is 13.0 Å². The molecule has 0 amide bonds. The first-order valence-corrected chi connectivity index (χ1v) is 15.6. The number of carbonyl (C=O) groups is 1. The molecule has 0 heterocycles. The van der Waals surface area contributed by atoms with Crippen LogP contribution in [0.15, 0.2) is 133 Å². The van der Waals surface area contributed by atoms with Gasteiger partial charge >= 0.3 is 5.97 Å². The maximum atomic E-state index is 13.4. The lowest BCUT2D eigenvalue weighted by atomic mass is 9.79. The molecule has 44 heavy (non-hydrogen) atoms. The van der Waals surface area contributed by atoms with Crippen molar-refractivity contribution in [2.24, 2.45) is 11.8 Å². The fourth-order valence-electron chi connectivity index (χ4n) is 5.80. The zero-order chi connectivity index (χ0) is 30.4. The number of carbonyl (C=O) groups excluding carboxylic acids is 1. The number of aryl methyl sites for hydroxylation is 1. The lowest BCUT2D eigenvalue weighted by Gasteiger charge is -2.26. The first-order chi connectivity index (χ1) is 21.7. The Morgan fingerprint density at radius 3 is 2.02 bits per heavy atom. The third-order valence-corrected chi connectivity index (χ3v) is 8.27. The van der Waals surface area contributed by atoms with Crippen LogP contribution in [0, 0.1) is 11.8 Å². The molecule has 4 aromatic carbocycles. The molecule has 0 N–H and O–H groups in total. The molecular formula is C40H42O4. The molecule has 0 saturated carbocycles. The summed E-state index contributed by atoms with van der Waals surface area (Å²) in [6, 6.07) is 37.1. The molecule has 0 spiro atoms. The van der Waals surface area contributed by atoms with Gasteiger partial charge in [0.15, 0.2) is 11.5 Å². The van der Waals surface area contributed by atoms with Crippen molar-refractivity contribution in [3.05, 3.63) is 155 Å². The van der Waals surface area contributed by atoms with Gasteiger partial charge in [-0.25, -0.2) is 0 Å². The van der Waals surface area contributed by atoms with Crippen molar-refractivity contribution in [3.8, 4) is 11.5 Å². The van der Waals surface area contributed by atoms with Crippen LogP contribution < -0.4 is 9.47 Å². The number of hydrogen-bond acceptors (Lipinski definition) is 4. The van der Waals surface area contributed by atoms with Crippen LogP contribution in [0.5, 0.6) is 11.5 Å². The third-order valence-electron chi connectivity index (χ3n) is 8.27. The van der Waals surface area contributed by atoms with E-state index in [9.17, 15) is 4.79 Å². The molecule has 0 saturated heterocycles. The van der Waals surface area contributed by atoms with E-state index in [-0.39, 0.29) is 17.8 Å². The van der Waals surface area contributed by atoms with Gasteiger partial charge in [-0.2, -0.15) is 0 Å². The molecule has 0 bridgehead atoms. The SMILES string of the molecule is COC(=O)C(Cc1ccc(OCc2ccccc2)c(OCC2=CC=CCC2)c1)[C@@H](CCc1ccccc1)Cc1ccccc1. The molecule has 4 aromatic rings. The summed E-state index contributed by atoms with van der Waals surface area (Å²) >= 11 is 0. The van der Waals surface area contributed by atoms with Crippen LogP contribution in [0.4, 0.5) is 0 Å². The minimum Gasteiger partial charge on any atom is -0.485 e. The van der Waals surface area contributed by atoms with Gasteiger partial charge in [-0.3, -0.25) is 4.79 Å². The number of methoxy groups -OCH3 is 1. The van der Waals surface area contributed by atoms with E-state index in [1.807, 2.05) is 42.5 Å². The number of hydrogen-bond donors (Lipinski definition) is 0. The average molecular weight is 587 g/mol. The highest BCUT2D eigenvalue weighted by molar-refractivity contribution is 5.73. The molecular weight excluding hydrogens is 544 g/mol. The highest BCUT2D eigenvalue weighted by Crippen LogP contribution is 2.34. The third kappa shape index (κ3) is 9.21. The van der Waals surface area contributed by atoms with Crippen LogP contribution in [-0.2, 0) is 35.4 Å². The summed E-state index contributed by atoms with van der Waals surface area (Å²) in [5, 5.41) is 0. The molecule has 2 atom stereocenters. The Balaban J connectivity index is 1.39. The number of allylic oxidation sites excluding steroid dienone is 3. The van der Waals surface area contributed by atoms with E-state index >= 15 is 0 Å². The first-order valence-electron chi connectivity index (χ1n) is 15.6. The fourth-order valence-corrected chi connectivity index (χ4v) is 5.80. The second-order valence-corrected chi connectivity index (χ2v) is 11.4. The lowest BCUT2D eigenvalue weighted by Crippen LogP contribution is -2.29. The van der Waals surface area contributed by atoms with E-state index in [0.29, 0.717) is 31.1 Å². The van der Waals surface area contributed by atoms with Gasteiger partial charge in [-0.15, -0.1) is 0 Å². The smallest absolute Gasteiger partial charge is 0.309 e. The van der Waals surface area contributed by atoms with Gasteiger partial charge in [0.2, 0.25) is 0 Å². The fraction of sp³-hybridized carbons (Fsp3) is 0.275. The summed E-state index contributed by atoms with van der Waals surface area (Å²) < 4.78 is 18.1. The largest absolute Gasteiger partial charge is 0.485 e. The van der Waals surface area contributed by atoms with Crippen molar-refractivity contribution < 1.29 is 19.0 Å². The van der Waals surface area contributed by atoms with Gasteiger partial charge in [0.25, 0.3) is 0 Å². The Morgan fingerprint density at radius 1 is 0.705 bits per heavy atom. The highest BCUT2D eigenvalue weighted by atomic mass is 16.5. The molecule has 1 aliphatic carbocycles. The molecule has 0 fully saturated rings. The lowest BCUT2D eigenvalue weighted by molar-refractivity contribution is -0.147. The van der Waals surface area contributed by atoms with Gasteiger partial charge in [0.1, 0.15) is 13.2 Å². The van der Waals surface area contributed by atoms with Crippen LogP contribution in [0.3, 0.4) is 0 Å². The van der Waals surface area contributed by atoms with Gasteiger partial charge in [0, 0.05) is 0 Å². The summed E-state index contributed by atoms with van der Waals surface area (Å²) in [5.74, 6) is 1.01. The van der Waals surface area contributed by atoms with Crippen LogP contribution in [0.1, 0.15) is 41.5 Å². The molecule has 1 unspecified atom stereocenters. The molecule has 5 rings (SSSR count). The summed E-state index contributed by atoms with van der Waals surface area (Å²) in [5.41, 5.74) is 5.87. The molecule has 0 radical (unpaired) electrons. The summed E-state index contributed by atoms with van der Waals surface area (Å²) in [7, 11) is 1.49. The summed E-state index contributed by atoms with van der Waals surface area (Å²) in [4.78, 5) is 13.4. The summed E-state index contributed by atoms with van der Waals surface area (Å²) in [6.45, 7) is 0.953. The first kappa shape index (κ1) is 30.9. The zero-order valence-electron chi connectivity index (χ0n) is 25.6. The molecule has 4 nitrogen and oxygen atoms in total. The van der Waals surface area contributed by atoms with Crippen LogP contribution in [0.2, 0.25) is 0 Å². The Labute approximate surface area is 262 Å². The maximum absolute atomic E-state index is 13.4. The second-order valence-electron chi connectivity index (χ2n) is 11.4. The number of ether oxygens (including phenoxy) is 3. The van der Waals surface area contributed by atoms with Gasteiger partial charge in [-0.1, -0.05) is 115 Å². The van der Waals surface area contributed by atoms with Crippen molar-refractivity contribution in [1.82, 2.24) is 0 Å². The molecule has 4 heteroatoms. The minimum absolute atomic E-state index is 0.0996. The Bertz CT molecular complexity index is 1510. The molecule has 1 aliphatic rings. The summed E-state index contributed by atoms with van der Waals surface area (Å²) in [6.07, 6.45) is 11.5. The Kier molecular flexibility index (Phi) is 11.5. The second kappa shape index (κ2) is 16.3. The van der Waals surface area contributed by atoms with E-state index in [2.05, 4.69) is 85.0 Å². The Morgan fingerprint density at radius 2 is 1.36 bits per heavy atom.